The predicted octanol–water partition coefficient (Wildman–Crippen LogP) is 0.591. The third kappa shape index (κ3) is 2.41. The summed E-state index contributed by atoms with van der Waals surface area (Å²) in [7, 11) is 3.14. The lowest BCUT2D eigenvalue weighted by Gasteiger charge is -2.06. The van der Waals surface area contributed by atoms with Gasteiger partial charge in [0.25, 0.3) is 0 Å². The highest BCUT2D eigenvalue weighted by Gasteiger charge is 2.29. The molecule has 1 aromatic carbocycles. The second-order valence-electron chi connectivity index (χ2n) is 3.98. The van der Waals surface area contributed by atoms with Gasteiger partial charge in [-0.3, -0.25) is 5.73 Å². The van der Waals surface area contributed by atoms with Crippen molar-refractivity contribution >= 4 is 33.9 Å². The fourth-order valence-corrected chi connectivity index (χ4v) is 2.16. The number of aromatic hydroxyl groups is 1. The van der Waals surface area contributed by atoms with Crippen LogP contribution in [-0.4, -0.2) is 35.7 Å². The first kappa shape index (κ1) is 13.4. The van der Waals surface area contributed by atoms with Gasteiger partial charge in [0.1, 0.15) is 0 Å². The minimum atomic E-state index is -0.275. The first-order chi connectivity index (χ1) is 8.93. The number of rotatable bonds is 2. The van der Waals surface area contributed by atoms with Crippen LogP contribution in [0.4, 0.5) is 0 Å². The maximum absolute atomic E-state index is 11.7. The lowest BCUT2D eigenvalue weighted by Crippen LogP contribution is -2.32. The molecule has 19 heavy (non-hydrogen) atoms. The van der Waals surface area contributed by atoms with Gasteiger partial charge in [-0.05, 0) is 39.7 Å². The summed E-state index contributed by atoms with van der Waals surface area (Å²) in [4.78, 5) is 11.7. The standard InChI is InChI=1S/C12H12BrN3O3/c1-16-8(11(18)15-12(16)14)4-6-3-7(13)10(17)9(5-6)19-2/h3-5H,1-2H3,(H3,14,15,17,18)/p+1. The number of carbonyl (C=O) groups is 1. The number of ether oxygens (including phenoxy) is 1. The first-order valence-electron chi connectivity index (χ1n) is 5.39. The van der Waals surface area contributed by atoms with Crippen LogP contribution in [0, 0.1) is 0 Å². The summed E-state index contributed by atoms with van der Waals surface area (Å²) >= 11 is 3.23. The molecule has 6 nitrogen and oxygen atoms in total. The predicted molar refractivity (Wildman–Crippen MR) is 73.9 cm³/mol. The molecule has 0 fully saturated rings. The summed E-state index contributed by atoms with van der Waals surface area (Å²) in [5.41, 5.74) is 6.73. The van der Waals surface area contributed by atoms with E-state index in [0.717, 1.165) is 0 Å². The first-order valence-corrected chi connectivity index (χ1v) is 6.19. The minimum Gasteiger partial charge on any atom is -0.503 e. The van der Waals surface area contributed by atoms with Crippen molar-refractivity contribution in [3.05, 3.63) is 27.9 Å². The van der Waals surface area contributed by atoms with Gasteiger partial charge in [0, 0.05) is 0 Å². The van der Waals surface area contributed by atoms with Crippen molar-refractivity contribution in [1.82, 2.24) is 5.32 Å². The molecular weight excluding hydrogens is 314 g/mol. The smallest absolute Gasteiger partial charge is 0.356 e. The number of hydrogen-bond donors (Lipinski definition) is 3. The molecule has 0 spiro atoms. The van der Waals surface area contributed by atoms with E-state index in [4.69, 9.17) is 10.5 Å². The summed E-state index contributed by atoms with van der Waals surface area (Å²) in [5, 5.41) is 12.2. The molecule has 0 saturated carbocycles. The number of nitrogens with zero attached hydrogens (tertiary/aromatic N) is 1. The monoisotopic (exact) mass is 326 g/mol. The van der Waals surface area contributed by atoms with E-state index in [0.29, 0.717) is 21.5 Å². The van der Waals surface area contributed by atoms with Gasteiger partial charge in [-0.2, -0.15) is 0 Å². The zero-order chi connectivity index (χ0) is 14.2. The number of carbonyl (C=O) groups excluding carboxylic acids is 1. The number of nitrogens with one attached hydrogen (secondary N) is 1. The molecule has 1 aromatic rings. The van der Waals surface area contributed by atoms with Crippen molar-refractivity contribution in [2.45, 2.75) is 0 Å². The molecule has 0 aromatic heterocycles. The van der Waals surface area contributed by atoms with Crippen LogP contribution in [0.25, 0.3) is 6.08 Å². The highest BCUT2D eigenvalue weighted by Crippen LogP contribution is 2.35. The Hall–Kier alpha value is -2.02. The van der Waals surface area contributed by atoms with E-state index in [1.807, 2.05) is 0 Å². The van der Waals surface area contributed by atoms with E-state index >= 15 is 0 Å². The second kappa shape index (κ2) is 4.93. The van der Waals surface area contributed by atoms with Crippen molar-refractivity contribution in [3.63, 3.8) is 0 Å². The highest BCUT2D eigenvalue weighted by atomic mass is 79.9. The van der Waals surface area contributed by atoms with Crippen LogP contribution in [0.2, 0.25) is 0 Å². The number of halogens is 1. The van der Waals surface area contributed by atoms with Gasteiger partial charge in [0.15, 0.2) is 17.2 Å². The Labute approximate surface area is 118 Å². The van der Waals surface area contributed by atoms with Crippen molar-refractivity contribution in [1.29, 1.82) is 0 Å². The number of benzene rings is 1. The van der Waals surface area contributed by atoms with E-state index in [1.165, 1.54) is 7.11 Å². The molecule has 0 radical (unpaired) electrons. The highest BCUT2D eigenvalue weighted by molar-refractivity contribution is 9.10. The maximum Gasteiger partial charge on any atom is 0.356 e. The molecule has 1 aliphatic rings. The quantitative estimate of drug-likeness (QED) is 0.548. The summed E-state index contributed by atoms with van der Waals surface area (Å²) in [6.07, 6.45) is 1.65. The lowest BCUT2D eigenvalue weighted by atomic mass is 10.1. The molecule has 4 N–H and O–H groups in total. The van der Waals surface area contributed by atoms with E-state index in [1.54, 1.807) is 29.8 Å². The van der Waals surface area contributed by atoms with Gasteiger partial charge in [0.2, 0.25) is 0 Å². The molecule has 0 saturated heterocycles. The SMILES string of the molecule is COc1cc(C=C2C(=O)NC(N)=[N+]2C)cc(Br)c1O. The number of hydrogen-bond acceptors (Lipinski definition) is 4. The van der Waals surface area contributed by atoms with Gasteiger partial charge in [-0.25, -0.2) is 14.7 Å². The maximum atomic E-state index is 11.7. The van der Waals surface area contributed by atoms with Crippen LogP contribution in [-0.2, 0) is 4.79 Å². The van der Waals surface area contributed by atoms with E-state index in [9.17, 15) is 9.90 Å². The molecule has 0 bridgehead atoms. The number of likely N-dealkylation sites (N-methyl/N-ethyl adjacent to an activating group) is 1. The number of phenolic OH excluding ortho intramolecular Hbond substituents is 1. The van der Waals surface area contributed by atoms with Gasteiger partial charge in [-0.15, -0.1) is 0 Å². The normalized spacial score (nSPS) is 17.0. The molecule has 7 heteroatoms. The lowest BCUT2D eigenvalue weighted by molar-refractivity contribution is -0.432. The topological polar surface area (TPSA) is 87.6 Å². The molecular formula is C12H13BrN3O3+. The Morgan fingerprint density at radius 2 is 2.21 bits per heavy atom. The largest absolute Gasteiger partial charge is 0.503 e. The van der Waals surface area contributed by atoms with Crippen LogP contribution >= 0.6 is 15.9 Å². The van der Waals surface area contributed by atoms with Crippen LogP contribution in [0.1, 0.15) is 5.56 Å². The third-order valence-corrected chi connectivity index (χ3v) is 3.38. The fourth-order valence-electron chi connectivity index (χ4n) is 1.70. The molecule has 0 unspecified atom stereocenters. The van der Waals surface area contributed by atoms with Crippen molar-refractivity contribution in [2.75, 3.05) is 14.2 Å². The van der Waals surface area contributed by atoms with E-state index in [2.05, 4.69) is 21.2 Å². The molecule has 1 heterocycles. The Bertz CT molecular complexity index is 623. The Morgan fingerprint density at radius 1 is 1.53 bits per heavy atom. The van der Waals surface area contributed by atoms with Crippen molar-refractivity contribution in [3.8, 4) is 11.5 Å². The van der Waals surface area contributed by atoms with Crippen LogP contribution in [0.15, 0.2) is 22.3 Å². The van der Waals surface area contributed by atoms with Crippen molar-refractivity contribution in [2.24, 2.45) is 5.73 Å². The molecule has 2 rings (SSSR count). The molecule has 0 atom stereocenters. The molecule has 1 aliphatic heterocycles. The van der Waals surface area contributed by atoms with Gasteiger partial charge in [0.05, 0.1) is 18.6 Å². The Balaban J connectivity index is 2.50. The number of nitrogens with two attached hydrogens (primary N) is 1. The molecule has 0 aliphatic carbocycles. The van der Waals surface area contributed by atoms with Crippen LogP contribution < -0.4 is 15.8 Å². The fraction of sp³-hybridized carbons (Fsp3) is 0.167. The summed E-state index contributed by atoms with van der Waals surface area (Å²) in [6.45, 7) is 0. The zero-order valence-electron chi connectivity index (χ0n) is 10.4. The number of phenols is 1. The number of guanidine groups is 1. The number of amides is 1. The Kier molecular flexibility index (Phi) is 3.48. The zero-order valence-corrected chi connectivity index (χ0v) is 12.0. The number of methoxy groups -OCH3 is 1. The molecule has 100 valence electrons. The van der Waals surface area contributed by atoms with E-state index < -0.39 is 0 Å². The summed E-state index contributed by atoms with van der Waals surface area (Å²) < 4.78 is 7.09. The average Bonchev–Trinajstić information content (AvgIpc) is 2.60. The van der Waals surface area contributed by atoms with Crippen LogP contribution in [0.5, 0.6) is 11.5 Å². The minimum absolute atomic E-state index is 0.0138. The van der Waals surface area contributed by atoms with Gasteiger partial charge in [-0.1, -0.05) is 0 Å². The van der Waals surface area contributed by atoms with Gasteiger partial charge < -0.3 is 9.84 Å². The Morgan fingerprint density at radius 3 is 2.74 bits per heavy atom. The summed E-state index contributed by atoms with van der Waals surface area (Å²) in [6, 6.07) is 3.31. The third-order valence-electron chi connectivity index (χ3n) is 2.77. The van der Waals surface area contributed by atoms with Gasteiger partial charge >= 0.3 is 11.9 Å². The second-order valence-corrected chi connectivity index (χ2v) is 4.84. The average molecular weight is 327 g/mol. The van der Waals surface area contributed by atoms with Crippen molar-refractivity contribution < 1.29 is 19.2 Å². The molecule has 1 amide bonds. The van der Waals surface area contributed by atoms with E-state index in [-0.39, 0.29) is 17.6 Å². The van der Waals surface area contributed by atoms with Crippen LogP contribution in [0.3, 0.4) is 0 Å². The summed E-state index contributed by atoms with van der Waals surface area (Å²) in [5.74, 6) is 0.336.